The lowest BCUT2D eigenvalue weighted by Gasteiger charge is -2.15. The van der Waals surface area contributed by atoms with Crippen LogP contribution in [0.2, 0.25) is 0 Å². The Hall–Kier alpha value is -1.20. The normalized spacial score (nSPS) is 16.5. The van der Waals surface area contributed by atoms with E-state index in [4.69, 9.17) is 5.11 Å². The van der Waals surface area contributed by atoms with Gasteiger partial charge < -0.3 is 15.3 Å². The Morgan fingerprint density at radius 1 is 0.793 bits per heavy atom. The van der Waals surface area contributed by atoms with Crippen molar-refractivity contribution in [3.05, 3.63) is 11.6 Å². The molecular weight excluding hydrogens is 368 g/mol. The van der Waals surface area contributed by atoms with Gasteiger partial charge in [0.2, 0.25) is 0 Å². The highest BCUT2D eigenvalue weighted by Gasteiger charge is 2.28. The van der Waals surface area contributed by atoms with Crippen LogP contribution in [0, 0.1) is 17.8 Å². The molecule has 0 amide bonds. The average Bonchev–Trinajstić information content (AvgIpc) is 2.64. The van der Waals surface area contributed by atoms with Gasteiger partial charge in [0.05, 0.1) is 0 Å². The quantitative estimate of drug-likeness (QED) is 0.288. The molecule has 5 nitrogen and oxygen atoms in total. The maximum atomic E-state index is 11.7. The SMILES string of the molecule is CC(=CCC(=O)C(O)C(O)C(=O)O)CCCC(C)CCCC(C)CCCC(C)C. The van der Waals surface area contributed by atoms with E-state index in [2.05, 4.69) is 27.7 Å². The molecule has 0 rings (SSSR count). The molecule has 0 aliphatic carbocycles. The number of carbonyl (C=O) groups excluding carboxylic acids is 1. The van der Waals surface area contributed by atoms with Gasteiger partial charge in [-0.05, 0) is 37.5 Å². The fourth-order valence-electron chi connectivity index (χ4n) is 3.52. The lowest BCUT2D eigenvalue weighted by atomic mass is 9.91. The van der Waals surface area contributed by atoms with E-state index in [1.807, 2.05) is 6.92 Å². The van der Waals surface area contributed by atoms with Crippen molar-refractivity contribution < 1.29 is 24.9 Å². The summed E-state index contributed by atoms with van der Waals surface area (Å²) in [7, 11) is 0. The van der Waals surface area contributed by atoms with Crippen LogP contribution in [0.15, 0.2) is 11.6 Å². The van der Waals surface area contributed by atoms with Gasteiger partial charge in [-0.25, -0.2) is 4.79 Å². The van der Waals surface area contributed by atoms with Crippen molar-refractivity contribution >= 4 is 11.8 Å². The Bertz CT molecular complexity index is 497. The third-order valence-corrected chi connectivity index (χ3v) is 5.67. The van der Waals surface area contributed by atoms with Crippen molar-refractivity contribution in [3.8, 4) is 0 Å². The first-order chi connectivity index (χ1) is 13.5. The first kappa shape index (κ1) is 27.8. The van der Waals surface area contributed by atoms with Crippen molar-refractivity contribution in [2.75, 3.05) is 0 Å². The molecule has 170 valence electrons. The number of allylic oxidation sites excluding steroid dienone is 2. The van der Waals surface area contributed by atoms with Crippen molar-refractivity contribution in [2.45, 2.75) is 111 Å². The maximum absolute atomic E-state index is 11.7. The lowest BCUT2D eigenvalue weighted by Crippen LogP contribution is -2.39. The third-order valence-electron chi connectivity index (χ3n) is 5.67. The molecule has 0 aliphatic rings. The summed E-state index contributed by atoms with van der Waals surface area (Å²) in [4.78, 5) is 22.3. The zero-order valence-corrected chi connectivity index (χ0v) is 19.2. The number of aliphatic hydroxyl groups excluding tert-OH is 2. The minimum Gasteiger partial charge on any atom is -0.479 e. The molecule has 0 fully saturated rings. The second-order valence-electron chi connectivity index (χ2n) is 9.31. The van der Waals surface area contributed by atoms with Crippen LogP contribution in [0.4, 0.5) is 0 Å². The smallest absolute Gasteiger partial charge is 0.335 e. The Balaban J connectivity index is 3.94. The number of hydrogen-bond donors (Lipinski definition) is 3. The van der Waals surface area contributed by atoms with Crippen LogP contribution < -0.4 is 0 Å². The zero-order valence-electron chi connectivity index (χ0n) is 19.2. The van der Waals surface area contributed by atoms with E-state index < -0.39 is 24.0 Å². The molecule has 0 saturated heterocycles. The van der Waals surface area contributed by atoms with Crippen LogP contribution in [-0.2, 0) is 9.59 Å². The van der Waals surface area contributed by atoms with E-state index in [-0.39, 0.29) is 6.42 Å². The Kier molecular flexibility index (Phi) is 15.0. The molecule has 0 heterocycles. The molecule has 3 N–H and O–H groups in total. The van der Waals surface area contributed by atoms with Crippen LogP contribution in [0.5, 0.6) is 0 Å². The van der Waals surface area contributed by atoms with Gasteiger partial charge in [0, 0.05) is 6.42 Å². The number of carboxylic acid groups (broad SMARTS) is 1. The summed E-state index contributed by atoms with van der Waals surface area (Å²) in [6, 6.07) is 0. The fourth-order valence-corrected chi connectivity index (χ4v) is 3.52. The molecule has 0 saturated carbocycles. The second kappa shape index (κ2) is 15.6. The minimum absolute atomic E-state index is 0.0540. The molecule has 29 heavy (non-hydrogen) atoms. The van der Waals surface area contributed by atoms with Gasteiger partial charge >= 0.3 is 5.97 Å². The fraction of sp³-hybridized carbons (Fsp3) is 0.833. The molecular formula is C24H44O5. The molecule has 0 spiro atoms. The van der Waals surface area contributed by atoms with Crippen molar-refractivity contribution in [3.63, 3.8) is 0 Å². The van der Waals surface area contributed by atoms with Crippen molar-refractivity contribution in [1.29, 1.82) is 0 Å². The van der Waals surface area contributed by atoms with Gasteiger partial charge in [0.15, 0.2) is 11.9 Å². The first-order valence-electron chi connectivity index (χ1n) is 11.3. The van der Waals surface area contributed by atoms with E-state index in [0.717, 1.165) is 36.7 Å². The van der Waals surface area contributed by atoms with E-state index in [9.17, 15) is 19.8 Å². The van der Waals surface area contributed by atoms with Gasteiger partial charge in [0.25, 0.3) is 0 Å². The highest BCUT2D eigenvalue weighted by molar-refractivity contribution is 5.90. The number of aliphatic hydroxyl groups is 2. The molecule has 0 radical (unpaired) electrons. The highest BCUT2D eigenvalue weighted by atomic mass is 16.4. The number of ketones is 1. The van der Waals surface area contributed by atoms with E-state index in [1.54, 1.807) is 6.08 Å². The molecule has 0 aromatic heterocycles. The van der Waals surface area contributed by atoms with Crippen LogP contribution in [0.1, 0.15) is 98.8 Å². The molecule has 4 unspecified atom stereocenters. The standard InChI is InChI=1S/C24H44O5/c1-17(2)9-6-10-18(3)11-7-12-19(4)13-8-14-20(5)15-16-21(25)22(26)23(27)24(28)29/h15,17-19,22-23,26-27H,6-14,16H2,1-5H3,(H,28,29). The summed E-state index contributed by atoms with van der Waals surface area (Å²) in [5.41, 5.74) is 1.06. The largest absolute Gasteiger partial charge is 0.479 e. The van der Waals surface area contributed by atoms with Crippen molar-refractivity contribution in [1.82, 2.24) is 0 Å². The summed E-state index contributed by atoms with van der Waals surface area (Å²) in [5, 5.41) is 27.3. The summed E-state index contributed by atoms with van der Waals surface area (Å²) >= 11 is 0. The average molecular weight is 413 g/mol. The first-order valence-corrected chi connectivity index (χ1v) is 11.3. The second-order valence-corrected chi connectivity index (χ2v) is 9.31. The number of Topliss-reactive ketones (excluding diaryl/α,β-unsaturated/α-hetero) is 1. The molecule has 5 heteroatoms. The van der Waals surface area contributed by atoms with Gasteiger partial charge in [-0.15, -0.1) is 0 Å². The topological polar surface area (TPSA) is 94.8 Å². The Morgan fingerprint density at radius 3 is 1.76 bits per heavy atom. The number of hydrogen-bond acceptors (Lipinski definition) is 4. The van der Waals surface area contributed by atoms with Crippen LogP contribution in [-0.4, -0.2) is 39.3 Å². The number of carboxylic acids is 1. The Labute approximate surface area is 177 Å². The summed E-state index contributed by atoms with van der Waals surface area (Å²) in [5.74, 6) is 0.0540. The highest BCUT2D eigenvalue weighted by Crippen LogP contribution is 2.22. The van der Waals surface area contributed by atoms with Gasteiger partial charge in [-0.2, -0.15) is 0 Å². The van der Waals surface area contributed by atoms with Crippen LogP contribution >= 0.6 is 0 Å². The Morgan fingerprint density at radius 2 is 1.28 bits per heavy atom. The molecule has 4 atom stereocenters. The predicted octanol–water partition coefficient (Wildman–Crippen LogP) is 5.14. The summed E-state index contributed by atoms with van der Waals surface area (Å²) < 4.78 is 0. The van der Waals surface area contributed by atoms with Crippen LogP contribution in [0.3, 0.4) is 0 Å². The zero-order chi connectivity index (χ0) is 22.4. The molecule has 0 aliphatic heterocycles. The number of rotatable bonds is 17. The van der Waals surface area contributed by atoms with Gasteiger partial charge in [0.1, 0.15) is 6.10 Å². The number of aliphatic carboxylic acids is 1. The number of carbonyl (C=O) groups is 2. The maximum Gasteiger partial charge on any atom is 0.335 e. The molecule has 0 bridgehead atoms. The van der Waals surface area contributed by atoms with Crippen molar-refractivity contribution in [2.24, 2.45) is 17.8 Å². The minimum atomic E-state index is -2.06. The van der Waals surface area contributed by atoms with Gasteiger partial charge in [-0.1, -0.05) is 84.3 Å². The van der Waals surface area contributed by atoms with Crippen LogP contribution in [0.25, 0.3) is 0 Å². The monoisotopic (exact) mass is 412 g/mol. The predicted molar refractivity (Wildman–Crippen MR) is 118 cm³/mol. The van der Waals surface area contributed by atoms with Gasteiger partial charge in [-0.3, -0.25) is 4.79 Å². The molecule has 0 aromatic carbocycles. The summed E-state index contributed by atoms with van der Waals surface area (Å²) in [6.07, 6.45) is 8.72. The summed E-state index contributed by atoms with van der Waals surface area (Å²) in [6.45, 7) is 11.2. The molecule has 0 aromatic rings. The van der Waals surface area contributed by atoms with E-state index in [0.29, 0.717) is 5.92 Å². The lowest BCUT2D eigenvalue weighted by molar-refractivity contribution is -0.157. The van der Waals surface area contributed by atoms with E-state index >= 15 is 0 Å². The third kappa shape index (κ3) is 14.4. The van der Waals surface area contributed by atoms with E-state index in [1.165, 1.54) is 38.5 Å².